The van der Waals surface area contributed by atoms with E-state index in [9.17, 15) is 4.39 Å². The van der Waals surface area contributed by atoms with Crippen molar-refractivity contribution < 1.29 is 9.13 Å². The molecule has 1 aromatic heterocycles. The minimum atomic E-state index is -0.208. The molecule has 1 aliphatic rings. The number of benzene rings is 2. The van der Waals surface area contributed by atoms with E-state index in [4.69, 9.17) is 4.74 Å². The lowest BCUT2D eigenvalue weighted by Crippen LogP contribution is -2.18. The highest BCUT2D eigenvalue weighted by molar-refractivity contribution is 7.98. The van der Waals surface area contributed by atoms with Crippen molar-refractivity contribution in [2.45, 2.75) is 55.6 Å². The van der Waals surface area contributed by atoms with Crippen molar-refractivity contribution >= 4 is 17.4 Å². The van der Waals surface area contributed by atoms with Crippen LogP contribution in [0.4, 0.5) is 10.1 Å². The van der Waals surface area contributed by atoms with Gasteiger partial charge in [-0.2, -0.15) is 0 Å². The SMILES string of the molecule is COc1cccc(NCc2nnc(SCc3ccc(F)cc3)n2C2CCCCC2)c1. The first-order valence-corrected chi connectivity index (χ1v) is 11.4. The number of thioether (sulfide) groups is 1. The first kappa shape index (κ1) is 20.7. The van der Waals surface area contributed by atoms with Crippen LogP contribution in [0.5, 0.6) is 5.75 Å². The normalized spacial score (nSPS) is 14.6. The monoisotopic (exact) mass is 426 g/mol. The maximum absolute atomic E-state index is 13.2. The van der Waals surface area contributed by atoms with Crippen LogP contribution in [0, 0.1) is 5.82 Å². The van der Waals surface area contributed by atoms with Crippen LogP contribution in [0.25, 0.3) is 0 Å². The zero-order chi connectivity index (χ0) is 20.8. The van der Waals surface area contributed by atoms with Crippen LogP contribution < -0.4 is 10.1 Å². The summed E-state index contributed by atoms with van der Waals surface area (Å²) in [6.07, 6.45) is 6.11. The molecule has 1 N–H and O–H groups in total. The molecule has 2 aromatic carbocycles. The van der Waals surface area contributed by atoms with E-state index >= 15 is 0 Å². The van der Waals surface area contributed by atoms with Gasteiger partial charge in [0.1, 0.15) is 11.6 Å². The molecule has 158 valence electrons. The molecule has 0 amide bonds. The fourth-order valence-corrected chi connectivity index (χ4v) is 4.86. The molecular weight excluding hydrogens is 399 g/mol. The van der Waals surface area contributed by atoms with Gasteiger partial charge in [0, 0.05) is 23.5 Å². The Kier molecular flexibility index (Phi) is 6.89. The van der Waals surface area contributed by atoms with Crippen molar-refractivity contribution in [3.63, 3.8) is 0 Å². The summed E-state index contributed by atoms with van der Waals surface area (Å²) in [7, 11) is 1.67. The number of hydrogen-bond acceptors (Lipinski definition) is 5. The summed E-state index contributed by atoms with van der Waals surface area (Å²) in [5, 5.41) is 13.4. The number of nitrogens with one attached hydrogen (secondary N) is 1. The van der Waals surface area contributed by atoms with Crippen LogP contribution in [0.2, 0.25) is 0 Å². The van der Waals surface area contributed by atoms with Crippen LogP contribution in [0.15, 0.2) is 53.7 Å². The van der Waals surface area contributed by atoms with Crippen LogP contribution >= 0.6 is 11.8 Å². The molecule has 0 bridgehead atoms. The number of halogens is 1. The Hall–Kier alpha value is -2.54. The maximum atomic E-state index is 13.2. The first-order valence-electron chi connectivity index (χ1n) is 10.4. The van der Waals surface area contributed by atoms with E-state index < -0.39 is 0 Å². The summed E-state index contributed by atoms with van der Waals surface area (Å²) >= 11 is 1.67. The molecule has 1 heterocycles. The van der Waals surface area contributed by atoms with E-state index in [1.165, 1.54) is 31.4 Å². The van der Waals surface area contributed by atoms with Crippen molar-refractivity contribution in [3.05, 3.63) is 65.7 Å². The second kappa shape index (κ2) is 9.98. The molecule has 7 heteroatoms. The van der Waals surface area contributed by atoms with Gasteiger partial charge in [-0.05, 0) is 42.7 Å². The van der Waals surface area contributed by atoms with Gasteiger partial charge in [0.2, 0.25) is 0 Å². The highest BCUT2D eigenvalue weighted by Gasteiger charge is 2.23. The van der Waals surface area contributed by atoms with Gasteiger partial charge in [-0.3, -0.25) is 0 Å². The van der Waals surface area contributed by atoms with Gasteiger partial charge in [0.15, 0.2) is 11.0 Å². The summed E-state index contributed by atoms with van der Waals surface area (Å²) in [5.41, 5.74) is 2.07. The van der Waals surface area contributed by atoms with Gasteiger partial charge in [-0.1, -0.05) is 49.2 Å². The van der Waals surface area contributed by atoms with E-state index in [-0.39, 0.29) is 5.82 Å². The Labute approximate surface area is 181 Å². The van der Waals surface area contributed by atoms with Gasteiger partial charge in [-0.25, -0.2) is 4.39 Å². The highest BCUT2D eigenvalue weighted by atomic mass is 32.2. The van der Waals surface area contributed by atoms with Crippen molar-refractivity contribution in [2.24, 2.45) is 0 Å². The zero-order valence-electron chi connectivity index (χ0n) is 17.2. The topological polar surface area (TPSA) is 52.0 Å². The zero-order valence-corrected chi connectivity index (χ0v) is 18.0. The lowest BCUT2D eigenvalue weighted by Gasteiger charge is -2.25. The second-order valence-electron chi connectivity index (χ2n) is 7.56. The molecule has 30 heavy (non-hydrogen) atoms. The fourth-order valence-electron chi connectivity index (χ4n) is 3.88. The average molecular weight is 427 g/mol. The van der Waals surface area contributed by atoms with Crippen LogP contribution in [-0.2, 0) is 12.3 Å². The Balaban J connectivity index is 1.51. The Morgan fingerprint density at radius 3 is 2.67 bits per heavy atom. The quantitative estimate of drug-likeness (QED) is 0.459. The Morgan fingerprint density at radius 2 is 1.90 bits per heavy atom. The summed E-state index contributed by atoms with van der Waals surface area (Å²) in [4.78, 5) is 0. The minimum Gasteiger partial charge on any atom is -0.497 e. The molecular formula is C23H27FN4OS. The van der Waals surface area contributed by atoms with Crippen LogP contribution in [0.1, 0.15) is 49.5 Å². The molecule has 1 saturated carbocycles. The molecule has 5 nitrogen and oxygen atoms in total. The molecule has 0 unspecified atom stereocenters. The lowest BCUT2D eigenvalue weighted by atomic mass is 9.95. The summed E-state index contributed by atoms with van der Waals surface area (Å²) in [6.45, 7) is 0.605. The lowest BCUT2D eigenvalue weighted by molar-refractivity contribution is 0.330. The molecule has 0 radical (unpaired) electrons. The standard InChI is InChI=1S/C23H27FN4OS/c1-29-21-9-5-6-19(14-21)25-15-22-26-27-23(28(22)20-7-3-2-4-8-20)30-16-17-10-12-18(24)13-11-17/h5-6,9-14,20,25H,2-4,7-8,15-16H2,1H3. The predicted octanol–water partition coefficient (Wildman–Crippen LogP) is 5.84. The number of nitrogens with zero attached hydrogens (tertiary/aromatic N) is 3. The van der Waals surface area contributed by atoms with Gasteiger partial charge in [0.25, 0.3) is 0 Å². The number of anilines is 1. The number of aromatic nitrogens is 3. The molecule has 1 aliphatic carbocycles. The number of ether oxygens (including phenoxy) is 1. The van der Waals surface area contributed by atoms with Gasteiger partial charge in [-0.15, -0.1) is 10.2 Å². The summed E-state index contributed by atoms with van der Waals surface area (Å²) in [6, 6.07) is 15.0. The smallest absolute Gasteiger partial charge is 0.191 e. The number of methoxy groups -OCH3 is 1. The predicted molar refractivity (Wildman–Crippen MR) is 118 cm³/mol. The van der Waals surface area contributed by atoms with Crippen LogP contribution in [0.3, 0.4) is 0 Å². The van der Waals surface area contributed by atoms with E-state index in [0.29, 0.717) is 12.6 Å². The first-order chi connectivity index (χ1) is 14.7. The van der Waals surface area contributed by atoms with Crippen molar-refractivity contribution in [1.82, 2.24) is 14.8 Å². The highest BCUT2D eigenvalue weighted by Crippen LogP contribution is 2.34. The van der Waals surface area contributed by atoms with Crippen molar-refractivity contribution in [3.8, 4) is 5.75 Å². The Morgan fingerprint density at radius 1 is 1.10 bits per heavy atom. The number of hydrogen-bond donors (Lipinski definition) is 1. The molecule has 0 atom stereocenters. The second-order valence-corrected chi connectivity index (χ2v) is 8.50. The molecule has 0 saturated heterocycles. The van der Waals surface area contributed by atoms with E-state index in [0.717, 1.165) is 46.6 Å². The molecule has 4 rings (SSSR count). The van der Waals surface area contributed by atoms with Gasteiger partial charge in [0.05, 0.1) is 13.7 Å². The minimum absolute atomic E-state index is 0.208. The Bertz CT molecular complexity index is 954. The molecule has 3 aromatic rings. The summed E-state index contributed by atoms with van der Waals surface area (Å²) < 4.78 is 20.8. The van der Waals surface area contributed by atoms with Gasteiger partial charge >= 0.3 is 0 Å². The van der Waals surface area contributed by atoms with Gasteiger partial charge < -0.3 is 14.6 Å². The molecule has 0 spiro atoms. The van der Waals surface area contributed by atoms with Crippen LogP contribution in [-0.4, -0.2) is 21.9 Å². The van der Waals surface area contributed by atoms with E-state index in [1.807, 2.05) is 36.4 Å². The molecule has 0 aliphatic heterocycles. The third kappa shape index (κ3) is 5.14. The number of rotatable bonds is 8. The summed E-state index contributed by atoms with van der Waals surface area (Å²) in [5.74, 6) is 2.31. The van der Waals surface area contributed by atoms with E-state index in [1.54, 1.807) is 18.9 Å². The van der Waals surface area contributed by atoms with E-state index in [2.05, 4.69) is 20.1 Å². The van der Waals surface area contributed by atoms with Crippen molar-refractivity contribution in [2.75, 3.05) is 12.4 Å². The largest absolute Gasteiger partial charge is 0.497 e. The maximum Gasteiger partial charge on any atom is 0.191 e. The third-order valence-corrected chi connectivity index (χ3v) is 6.49. The average Bonchev–Trinajstić information content (AvgIpc) is 3.21. The molecule has 1 fully saturated rings. The fraction of sp³-hybridized carbons (Fsp3) is 0.391. The van der Waals surface area contributed by atoms with Crippen molar-refractivity contribution in [1.29, 1.82) is 0 Å². The third-order valence-electron chi connectivity index (χ3n) is 5.48.